The third-order valence-corrected chi connectivity index (χ3v) is 3.93. The van der Waals surface area contributed by atoms with Crippen molar-refractivity contribution in [2.75, 3.05) is 45.9 Å². The summed E-state index contributed by atoms with van der Waals surface area (Å²) in [6, 6.07) is 0. The Kier molecular flexibility index (Phi) is 6.09. The van der Waals surface area contributed by atoms with Gasteiger partial charge in [-0.1, -0.05) is 0 Å². The molecule has 0 aliphatic carbocycles. The molecule has 8 heteroatoms. The fourth-order valence-electron chi connectivity index (χ4n) is 2.02. The monoisotopic (exact) mass is 312 g/mol. The number of ether oxygens (including phenoxy) is 1. The lowest BCUT2D eigenvalue weighted by Gasteiger charge is -2.26. The number of thiazole rings is 1. The van der Waals surface area contributed by atoms with Gasteiger partial charge in [0.1, 0.15) is 5.69 Å². The number of hydrogen-bond acceptors (Lipinski definition) is 7. The standard InChI is InChI=1S/C13H20N4O3S/c1-2-20-13(19)12-16-10(9-21-12)11(18)15-5-8-17-6-3-14-4-7-17/h9,14H,2-8H2,1H3,(H,15,18). The second kappa shape index (κ2) is 8.06. The first kappa shape index (κ1) is 15.9. The average molecular weight is 312 g/mol. The molecule has 2 rings (SSSR count). The minimum absolute atomic E-state index is 0.212. The van der Waals surface area contributed by atoms with Gasteiger partial charge >= 0.3 is 5.97 Å². The number of rotatable bonds is 6. The number of aromatic nitrogens is 1. The van der Waals surface area contributed by atoms with Crippen molar-refractivity contribution in [2.45, 2.75) is 6.92 Å². The molecule has 1 aromatic rings. The van der Waals surface area contributed by atoms with E-state index in [0.29, 0.717) is 13.2 Å². The Labute approximate surface area is 127 Å². The first-order valence-electron chi connectivity index (χ1n) is 7.04. The summed E-state index contributed by atoms with van der Waals surface area (Å²) in [7, 11) is 0. The van der Waals surface area contributed by atoms with Gasteiger partial charge in [-0.2, -0.15) is 0 Å². The number of nitrogens with one attached hydrogen (secondary N) is 2. The molecular formula is C13H20N4O3S. The van der Waals surface area contributed by atoms with Gasteiger partial charge in [0.2, 0.25) is 5.01 Å². The van der Waals surface area contributed by atoms with Gasteiger partial charge in [0.25, 0.3) is 5.91 Å². The molecule has 1 saturated heterocycles. The van der Waals surface area contributed by atoms with E-state index >= 15 is 0 Å². The van der Waals surface area contributed by atoms with E-state index in [2.05, 4.69) is 20.5 Å². The third kappa shape index (κ3) is 4.76. The van der Waals surface area contributed by atoms with Crippen molar-refractivity contribution in [1.29, 1.82) is 0 Å². The molecule has 2 heterocycles. The molecule has 0 radical (unpaired) electrons. The molecule has 7 nitrogen and oxygen atoms in total. The quantitative estimate of drug-likeness (QED) is 0.717. The van der Waals surface area contributed by atoms with Crippen LogP contribution >= 0.6 is 11.3 Å². The lowest BCUT2D eigenvalue weighted by atomic mass is 10.3. The van der Waals surface area contributed by atoms with Crippen LogP contribution in [0.25, 0.3) is 0 Å². The van der Waals surface area contributed by atoms with Crippen LogP contribution in [0.1, 0.15) is 27.2 Å². The highest BCUT2D eigenvalue weighted by Gasteiger charge is 2.16. The predicted molar refractivity (Wildman–Crippen MR) is 79.7 cm³/mol. The number of amides is 1. The van der Waals surface area contributed by atoms with E-state index < -0.39 is 5.97 Å². The van der Waals surface area contributed by atoms with Crippen LogP contribution in [0.5, 0.6) is 0 Å². The highest BCUT2D eigenvalue weighted by Crippen LogP contribution is 2.11. The van der Waals surface area contributed by atoms with E-state index in [-0.39, 0.29) is 16.6 Å². The molecule has 0 atom stereocenters. The van der Waals surface area contributed by atoms with Crippen LogP contribution < -0.4 is 10.6 Å². The zero-order valence-corrected chi connectivity index (χ0v) is 12.9. The van der Waals surface area contributed by atoms with E-state index in [1.54, 1.807) is 12.3 Å². The van der Waals surface area contributed by atoms with Gasteiger partial charge in [-0.25, -0.2) is 9.78 Å². The Hall–Kier alpha value is -1.51. The number of piperazine rings is 1. The van der Waals surface area contributed by atoms with Crippen molar-refractivity contribution in [3.05, 3.63) is 16.1 Å². The molecule has 116 valence electrons. The Bertz CT molecular complexity index is 486. The molecule has 0 aromatic carbocycles. The largest absolute Gasteiger partial charge is 0.461 e. The van der Waals surface area contributed by atoms with Crippen molar-refractivity contribution in [2.24, 2.45) is 0 Å². The average Bonchev–Trinajstić information content (AvgIpc) is 2.98. The van der Waals surface area contributed by atoms with Crippen molar-refractivity contribution in [3.8, 4) is 0 Å². The van der Waals surface area contributed by atoms with Crippen LogP contribution in [0, 0.1) is 0 Å². The summed E-state index contributed by atoms with van der Waals surface area (Å²) in [5.41, 5.74) is 0.267. The van der Waals surface area contributed by atoms with Crippen LogP contribution in [0.15, 0.2) is 5.38 Å². The van der Waals surface area contributed by atoms with E-state index in [1.807, 2.05) is 0 Å². The Morgan fingerprint density at radius 2 is 2.24 bits per heavy atom. The predicted octanol–water partition coefficient (Wildman–Crippen LogP) is -0.0452. The van der Waals surface area contributed by atoms with Crippen LogP contribution in [0.4, 0.5) is 0 Å². The molecule has 1 aliphatic heterocycles. The lowest BCUT2D eigenvalue weighted by molar-refractivity contribution is 0.0526. The minimum atomic E-state index is -0.484. The molecule has 0 saturated carbocycles. The molecule has 1 fully saturated rings. The summed E-state index contributed by atoms with van der Waals surface area (Å²) in [6.45, 7) is 7.40. The highest BCUT2D eigenvalue weighted by molar-refractivity contribution is 7.11. The summed E-state index contributed by atoms with van der Waals surface area (Å²) in [5.74, 6) is -0.737. The van der Waals surface area contributed by atoms with E-state index in [9.17, 15) is 9.59 Å². The van der Waals surface area contributed by atoms with Crippen LogP contribution in [-0.2, 0) is 4.74 Å². The molecule has 0 bridgehead atoms. The van der Waals surface area contributed by atoms with Gasteiger partial charge in [0.05, 0.1) is 6.61 Å². The maximum Gasteiger partial charge on any atom is 0.367 e. The van der Waals surface area contributed by atoms with Crippen LogP contribution in [-0.4, -0.2) is 67.6 Å². The Morgan fingerprint density at radius 3 is 2.95 bits per heavy atom. The maximum absolute atomic E-state index is 11.9. The Morgan fingerprint density at radius 1 is 1.48 bits per heavy atom. The van der Waals surface area contributed by atoms with Crippen molar-refractivity contribution in [1.82, 2.24) is 20.5 Å². The first-order valence-corrected chi connectivity index (χ1v) is 7.92. The SMILES string of the molecule is CCOC(=O)c1nc(C(=O)NCCN2CCNCC2)cs1. The second-order valence-corrected chi connectivity index (χ2v) is 5.46. The third-order valence-electron chi connectivity index (χ3n) is 3.11. The molecule has 1 aromatic heterocycles. The fraction of sp³-hybridized carbons (Fsp3) is 0.615. The normalized spacial score (nSPS) is 15.7. The molecule has 1 aliphatic rings. The fourth-order valence-corrected chi connectivity index (χ4v) is 2.71. The highest BCUT2D eigenvalue weighted by atomic mass is 32.1. The summed E-state index contributed by atoms with van der Waals surface area (Å²) in [6.07, 6.45) is 0. The number of esters is 1. The van der Waals surface area contributed by atoms with E-state index in [1.165, 1.54) is 0 Å². The molecule has 2 N–H and O–H groups in total. The van der Waals surface area contributed by atoms with Gasteiger partial charge in [-0.15, -0.1) is 11.3 Å². The van der Waals surface area contributed by atoms with Gasteiger partial charge in [-0.05, 0) is 6.92 Å². The van der Waals surface area contributed by atoms with Crippen molar-refractivity contribution < 1.29 is 14.3 Å². The van der Waals surface area contributed by atoms with Crippen LogP contribution in [0.2, 0.25) is 0 Å². The number of nitrogens with zero attached hydrogens (tertiary/aromatic N) is 2. The Balaban J connectivity index is 1.76. The molecule has 0 unspecified atom stereocenters. The topological polar surface area (TPSA) is 83.6 Å². The number of carbonyl (C=O) groups excluding carboxylic acids is 2. The van der Waals surface area contributed by atoms with Crippen LogP contribution in [0.3, 0.4) is 0 Å². The smallest absolute Gasteiger partial charge is 0.367 e. The summed E-state index contributed by atoms with van der Waals surface area (Å²) in [5, 5.41) is 7.89. The van der Waals surface area contributed by atoms with Crippen molar-refractivity contribution in [3.63, 3.8) is 0 Å². The van der Waals surface area contributed by atoms with Gasteiger partial charge in [0, 0.05) is 44.6 Å². The zero-order valence-electron chi connectivity index (χ0n) is 12.1. The zero-order chi connectivity index (χ0) is 15.1. The first-order chi connectivity index (χ1) is 10.2. The molecule has 0 spiro atoms. The molecular weight excluding hydrogens is 292 g/mol. The van der Waals surface area contributed by atoms with Crippen molar-refractivity contribution >= 4 is 23.2 Å². The summed E-state index contributed by atoms with van der Waals surface area (Å²) < 4.78 is 4.85. The number of hydrogen-bond donors (Lipinski definition) is 2. The minimum Gasteiger partial charge on any atom is -0.461 e. The summed E-state index contributed by atoms with van der Waals surface area (Å²) in [4.78, 5) is 29.7. The van der Waals surface area contributed by atoms with Gasteiger partial charge < -0.3 is 15.4 Å². The summed E-state index contributed by atoms with van der Waals surface area (Å²) >= 11 is 1.12. The maximum atomic E-state index is 11.9. The second-order valence-electron chi connectivity index (χ2n) is 4.61. The van der Waals surface area contributed by atoms with E-state index in [0.717, 1.165) is 44.1 Å². The van der Waals surface area contributed by atoms with Gasteiger partial charge in [-0.3, -0.25) is 9.69 Å². The number of carbonyl (C=O) groups is 2. The molecule has 1 amide bonds. The lowest BCUT2D eigenvalue weighted by Crippen LogP contribution is -2.46. The van der Waals surface area contributed by atoms with Gasteiger partial charge in [0.15, 0.2) is 0 Å². The molecule has 21 heavy (non-hydrogen) atoms. The van der Waals surface area contributed by atoms with E-state index in [4.69, 9.17) is 4.74 Å².